The molecule has 0 saturated carbocycles. The normalized spacial score (nSPS) is 9.80. The van der Waals surface area contributed by atoms with Crippen LogP contribution in [0.25, 0.3) is 0 Å². The fourth-order valence-corrected chi connectivity index (χ4v) is 1.61. The Hall–Kier alpha value is -0.120. The van der Waals surface area contributed by atoms with Crippen molar-refractivity contribution in [3.8, 4) is 0 Å². The molecule has 0 aliphatic carbocycles. The molecule has 0 amide bonds. The van der Waals surface area contributed by atoms with Crippen LogP contribution in [-0.2, 0) is 19.2 Å². The molecule has 4 N–H and O–H groups in total. The van der Waals surface area contributed by atoms with Gasteiger partial charge < -0.3 is 20.4 Å². The Labute approximate surface area is 159 Å². The molecule has 0 aliphatic heterocycles. The summed E-state index contributed by atoms with van der Waals surface area (Å²) in [6.07, 6.45) is -1.92. The maximum atomic E-state index is 10.7. The van der Waals surface area contributed by atoms with E-state index in [-0.39, 0.29) is 59.1 Å². The Morgan fingerprint density at radius 3 is 1.20 bits per heavy atom. The van der Waals surface area contributed by atoms with Crippen LogP contribution in [-0.4, -0.2) is 103 Å². The summed E-state index contributed by atoms with van der Waals surface area (Å²) in [4.78, 5) is 42.4. The topological polar surface area (TPSA) is 149 Å². The third kappa shape index (κ3) is 11.7. The molecule has 0 fully saturated rings. The molecule has 0 aromatic heterocycles. The van der Waals surface area contributed by atoms with Crippen LogP contribution in [0.2, 0.25) is 0 Å². The molecule has 10 heteroatoms. The fraction of sp³-hybridized carbons (Fsp3) is 0.500. The van der Waals surface area contributed by atoms with Crippen molar-refractivity contribution in [1.82, 2.24) is 0 Å². The van der Waals surface area contributed by atoms with Gasteiger partial charge in [0, 0.05) is 11.8 Å². The minimum atomic E-state index is -1.71. The summed E-state index contributed by atoms with van der Waals surface area (Å²) in [6.45, 7) is 0. The molecule has 1 radical (unpaired) electrons. The Morgan fingerprint density at radius 1 is 0.700 bits per heavy atom. The summed E-state index contributed by atoms with van der Waals surface area (Å²) in [5.41, 5.74) is -1.71. The second-order valence-corrected chi connectivity index (χ2v) is 3.88. The van der Waals surface area contributed by atoms with E-state index in [0.29, 0.717) is 0 Å². The van der Waals surface area contributed by atoms with Crippen molar-refractivity contribution in [3.05, 3.63) is 6.42 Å². The van der Waals surface area contributed by atoms with E-state index < -0.39 is 55.0 Å². The molecule has 0 heterocycles. The molecular formula is C10H15Na2O8. The molecule has 0 aromatic rings. The zero-order valence-electron chi connectivity index (χ0n) is 9.33. The second kappa shape index (κ2) is 11.5. The number of rotatable bonds is 9. The molecule has 0 aromatic carbocycles. The number of carboxylic acids is 4. The molecule has 0 bridgehead atoms. The fourth-order valence-electron chi connectivity index (χ4n) is 1.61. The number of hydrogen-bond acceptors (Lipinski definition) is 4. The van der Waals surface area contributed by atoms with Crippen LogP contribution in [0.1, 0.15) is 25.7 Å². The molecule has 20 heavy (non-hydrogen) atoms. The van der Waals surface area contributed by atoms with Gasteiger partial charge >= 0.3 is 83.0 Å². The average molecular weight is 309 g/mol. The van der Waals surface area contributed by atoms with Gasteiger partial charge in [0.1, 0.15) is 0 Å². The van der Waals surface area contributed by atoms with Crippen LogP contribution >= 0.6 is 0 Å². The van der Waals surface area contributed by atoms with Crippen LogP contribution in [0, 0.1) is 11.8 Å². The van der Waals surface area contributed by atoms with E-state index >= 15 is 0 Å². The first-order valence-electron chi connectivity index (χ1n) is 4.88. The van der Waals surface area contributed by atoms with Gasteiger partial charge in [-0.2, -0.15) is 0 Å². The molecule has 8 nitrogen and oxygen atoms in total. The first-order chi connectivity index (χ1) is 8.17. The first-order valence-corrected chi connectivity index (χ1v) is 4.88. The van der Waals surface area contributed by atoms with Gasteiger partial charge in [-0.25, -0.2) is 0 Å². The van der Waals surface area contributed by atoms with Crippen LogP contribution in [0.4, 0.5) is 0 Å². The van der Waals surface area contributed by atoms with Crippen molar-refractivity contribution in [2.45, 2.75) is 25.7 Å². The van der Waals surface area contributed by atoms with Crippen LogP contribution in [0.5, 0.6) is 0 Å². The van der Waals surface area contributed by atoms with Gasteiger partial charge in [0.15, 0.2) is 0 Å². The zero-order valence-corrected chi connectivity index (χ0v) is 9.33. The zero-order chi connectivity index (χ0) is 14.3. The van der Waals surface area contributed by atoms with Crippen LogP contribution in [0.3, 0.4) is 0 Å². The Kier molecular flexibility index (Phi) is 14.3. The van der Waals surface area contributed by atoms with Gasteiger partial charge in [-0.3, -0.25) is 19.2 Å². The van der Waals surface area contributed by atoms with Crippen molar-refractivity contribution in [2.75, 3.05) is 0 Å². The molecule has 105 valence electrons. The van der Waals surface area contributed by atoms with Gasteiger partial charge in [0.05, 0.1) is 19.3 Å². The standard InChI is InChI=1S/C10H13O8.2Na.2H/c11-6(12)1-2-10(3-7(13)14,4-8(15)16)5-9(17)18;;;;/h2H,1,3-5H2,(H,11,12)(H,13,14)(H,15,16)(H,17,18);;;;. The quantitative estimate of drug-likeness (QED) is 0.387. The van der Waals surface area contributed by atoms with E-state index in [1.807, 2.05) is 0 Å². The van der Waals surface area contributed by atoms with E-state index in [2.05, 4.69) is 0 Å². The predicted molar refractivity (Wildman–Crippen MR) is 70.0 cm³/mol. The summed E-state index contributed by atoms with van der Waals surface area (Å²) >= 11 is 0. The predicted octanol–water partition coefficient (Wildman–Crippen LogP) is -1.22. The third-order valence-corrected chi connectivity index (χ3v) is 2.22. The average Bonchev–Trinajstić information content (AvgIpc) is 2.11. The van der Waals surface area contributed by atoms with Gasteiger partial charge in [-0.05, 0) is 6.42 Å². The number of carboxylic acid groups (broad SMARTS) is 4. The van der Waals surface area contributed by atoms with Crippen LogP contribution in [0.15, 0.2) is 0 Å². The van der Waals surface area contributed by atoms with Crippen molar-refractivity contribution < 1.29 is 39.6 Å². The van der Waals surface area contributed by atoms with Gasteiger partial charge in [-0.15, -0.1) is 0 Å². The summed E-state index contributed by atoms with van der Waals surface area (Å²) in [5.74, 6) is -5.46. The molecule has 0 rings (SSSR count). The van der Waals surface area contributed by atoms with E-state index in [1.54, 1.807) is 0 Å². The number of aliphatic carboxylic acids is 4. The first kappa shape index (κ1) is 24.9. The van der Waals surface area contributed by atoms with E-state index in [0.717, 1.165) is 6.42 Å². The molecule has 0 aliphatic rings. The monoisotopic (exact) mass is 309 g/mol. The molecule has 0 spiro atoms. The third-order valence-electron chi connectivity index (χ3n) is 2.22. The molecule has 0 saturated heterocycles. The Balaban J connectivity index is -0.00000144. The summed E-state index contributed by atoms with van der Waals surface area (Å²) in [7, 11) is 0. The summed E-state index contributed by atoms with van der Waals surface area (Å²) < 4.78 is 0. The number of carbonyl (C=O) groups is 4. The van der Waals surface area contributed by atoms with Gasteiger partial charge in [0.2, 0.25) is 0 Å². The van der Waals surface area contributed by atoms with Crippen molar-refractivity contribution in [1.29, 1.82) is 0 Å². The van der Waals surface area contributed by atoms with E-state index in [1.165, 1.54) is 0 Å². The van der Waals surface area contributed by atoms with Crippen molar-refractivity contribution >= 4 is 83.0 Å². The molecule has 0 unspecified atom stereocenters. The Bertz CT molecular complexity index is 327. The molecular weight excluding hydrogens is 294 g/mol. The van der Waals surface area contributed by atoms with E-state index in [4.69, 9.17) is 20.4 Å². The SMILES string of the molecule is O=C(O)C[CH]C(CC(=O)O)(CC(=O)O)CC(=O)O.[NaH].[NaH]. The number of hydrogen-bond donors (Lipinski definition) is 4. The minimum absolute atomic E-state index is 0. The van der Waals surface area contributed by atoms with Gasteiger partial charge in [0.25, 0.3) is 0 Å². The summed E-state index contributed by atoms with van der Waals surface area (Å²) in [5, 5.41) is 34.6. The Morgan fingerprint density at radius 2 is 1.00 bits per heavy atom. The van der Waals surface area contributed by atoms with Crippen molar-refractivity contribution in [2.24, 2.45) is 5.41 Å². The van der Waals surface area contributed by atoms with Gasteiger partial charge in [-0.1, -0.05) is 0 Å². The maximum absolute atomic E-state index is 10.7. The molecule has 0 atom stereocenters. The van der Waals surface area contributed by atoms with E-state index in [9.17, 15) is 19.2 Å². The van der Waals surface area contributed by atoms with Crippen LogP contribution < -0.4 is 0 Å². The summed E-state index contributed by atoms with van der Waals surface area (Å²) in [6, 6.07) is 0. The van der Waals surface area contributed by atoms with Crippen molar-refractivity contribution in [3.63, 3.8) is 0 Å². The second-order valence-electron chi connectivity index (χ2n) is 3.88.